The largest absolute Gasteiger partial charge is 0.464 e. The molecule has 0 aromatic rings. The lowest BCUT2D eigenvalue weighted by Gasteiger charge is -2.22. The summed E-state index contributed by atoms with van der Waals surface area (Å²) in [5.74, 6) is 1.32. The number of amides is 2. The van der Waals surface area contributed by atoms with Crippen LogP contribution in [0.2, 0.25) is 0 Å². The number of hydrogen-bond acceptors (Lipinski definition) is 5. The van der Waals surface area contributed by atoms with Gasteiger partial charge in [0.1, 0.15) is 12.1 Å². The van der Waals surface area contributed by atoms with Crippen molar-refractivity contribution in [1.82, 2.24) is 10.6 Å². The van der Waals surface area contributed by atoms with Gasteiger partial charge in [-0.15, -0.1) is 6.42 Å². The quantitative estimate of drug-likeness (QED) is 0.252. The van der Waals surface area contributed by atoms with Crippen molar-refractivity contribution in [2.24, 2.45) is 0 Å². The Hall–Kier alpha value is -2.23. The van der Waals surface area contributed by atoms with Gasteiger partial charge in [-0.3, -0.25) is 4.79 Å². The highest BCUT2D eigenvalue weighted by Crippen LogP contribution is 2.06. The monoisotopic (exact) mass is 396 g/mol. The molecule has 2 unspecified atom stereocenters. The lowest BCUT2D eigenvalue weighted by atomic mass is 10.1. The van der Waals surface area contributed by atoms with Crippen LogP contribution in [0, 0.1) is 12.3 Å². The van der Waals surface area contributed by atoms with Crippen LogP contribution in [-0.4, -0.2) is 43.3 Å². The summed E-state index contributed by atoms with van der Waals surface area (Å²) in [7, 11) is 0. The van der Waals surface area contributed by atoms with E-state index >= 15 is 0 Å². The zero-order valence-corrected chi connectivity index (χ0v) is 17.6. The molecule has 7 nitrogen and oxygen atoms in total. The van der Waals surface area contributed by atoms with Crippen LogP contribution in [0.5, 0.6) is 0 Å². The third-order valence-electron chi connectivity index (χ3n) is 4.14. The molecule has 2 amide bonds. The topological polar surface area (TPSA) is 93.7 Å². The van der Waals surface area contributed by atoms with Gasteiger partial charge in [-0.05, 0) is 19.3 Å². The normalized spacial score (nSPS) is 12.4. The molecule has 0 aromatic heterocycles. The van der Waals surface area contributed by atoms with Crippen molar-refractivity contribution < 1.29 is 23.9 Å². The van der Waals surface area contributed by atoms with E-state index in [4.69, 9.17) is 15.9 Å². The highest BCUT2D eigenvalue weighted by Gasteiger charge is 2.27. The van der Waals surface area contributed by atoms with Crippen molar-refractivity contribution in [3.63, 3.8) is 0 Å². The Morgan fingerprint density at radius 2 is 1.50 bits per heavy atom. The van der Waals surface area contributed by atoms with Gasteiger partial charge in [0.15, 0.2) is 6.61 Å². The third-order valence-corrected chi connectivity index (χ3v) is 4.14. The van der Waals surface area contributed by atoms with Gasteiger partial charge in [0, 0.05) is 0 Å². The molecule has 0 spiro atoms. The molecule has 2 N–H and O–H groups in total. The maximum atomic E-state index is 12.6. The number of alkyl carbamates (subject to hydrolysis) is 1. The molecule has 0 saturated heterocycles. The summed E-state index contributed by atoms with van der Waals surface area (Å²) >= 11 is 0. The molecular formula is C21H36N2O5. The van der Waals surface area contributed by atoms with E-state index in [9.17, 15) is 14.4 Å². The molecule has 7 heteroatoms. The second-order valence-corrected chi connectivity index (χ2v) is 6.70. The molecule has 0 saturated carbocycles. The molecule has 0 aliphatic heterocycles. The Kier molecular flexibility index (Phi) is 15.6. The molecule has 28 heavy (non-hydrogen) atoms. The molecule has 0 aliphatic rings. The van der Waals surface area contributed by atoms with Gasteiger partial charge < -0.3 is 20.1 Å². The van der Waals surface area contributed by atoms with Crippen molar-refractivity contribution in [3.05, 3.63) is 0 Å². The molecule has 0 rings (SSSR count). The molecular weight excluding hydrogens is 360 g/mol. The van der Waals surface area contributed by atoms with Crippen molar-refractivity contribution in [2.45, 2.75) is 90.6 Å². The number of ether oxygens (including phenoxy) is 2. The number of terminal acetylenes is 1. The molecule has 0 fully saturated rings. The number of rotatable bonds is 15. The van der Waals surface area contributed by atoms with Crippen LogP contribution in [0.3, 0.4) is 0 Å². The Morgan fingerprint density at radius 1 is 0.857 bits per heavy atom. The summed E-state index contributed by atoms with van der Waals surface area (Å²) in [4.78, 5) is 36.6. The number of unbranched alkanes of at least 4 members (excludes halogenated alkanes) is 4. The summed E-state index contributed by atoms with van der Waals surface area (Å²) < 4.78 is 10.1. The Bertz CT molecular complexity index is 502. The van der Waals surface area contributed by atoms with Gasteiger partial charge in [0.05, 0.1) is 6.61 Å². The standard InChI is InChI=1S/C21H36N2O5/c1-5-9-10-11-12-16-27-20(25)18(14-7-3)22-19(24)17(13-6-2)23-21(26)28-15-8-4/h4,17-18H,5-7,9-16H2,1-3H3,(H,22,24)(H,23,26). The fourth-order valence-electron chi connectivity index (χ4n) is 2.64. The molecule has 160 valence electrons. The van der Waals surface area contributed by atoms with Crippen LogP contribution >= 0.6 is 0 Å². The predicted octanol–water partition coefficient (Wildman–Crippen LogP) is 3.31. The fourth-order valence-corrected chi connectivity index (χ4v) is 2.64. The van der Waals surface area contributed by atoms with Crippen LogP contribution in [-0.2, 0) is 19.1 Å². The zero-order chi connectivity index (χ0) is 21.2. The van der Waals surface area contributed by atoms with Gasteiger partial charge in [-0.1, -0.05) is 65.2 Å². The van der Waals surface area contributed by atoms with E-state index in [1.807, 2.05) is 13.8 Å². The van der Waals surface area contributed by atoms with E-state index in [-0.39, 0.29) is 6.61 Å². The zero-order valence-electron chi connectivity index (χ0n) is 17.6. The average molecular weight is 397 g/mol. The van der Waals surface area contributed by atoms with Crippen molar-refractivity contribution in [2.75, 3.05) is 13.2 Å². The number of hydrogen-bond donors (Lipinski definition) is 2. The van der Waals surface area contributed by atoms with Gasteiger partial charge in [0.2, 0.25) is 5.91 Å². The smallest absolute Gasteiger partial charge is 0.408 e. The van der Waals surface area contributed by atoms with Crippen LogP contribution in [0.15, 0.2) is 0 Å². The van der Waals surface area contributed by atoms with Gasteiger partial charge >= 0.3 is 12.1 Å². The minimum atomic E-state index is -0.795. The fraction of sp³-hybridized carbons (Fsp3) is 0.762. The first-order valence-electron chi connectivity index (χ1n) is 10.3. The van der Waals surface area contributed by atoms with Crippen molar-refractivity contribution >= 4 is 18.0 Å². The molecule has 0 heterocycles. The van der Waals surface area contributed by atoms with E-state index in [1.165, 1.54) is 6.42 Å². The van der Waals surface area contributed by atoms with Gasteiger partial charge in [-0.25, -0.2) is 9.59 Å². The van der Waals surface area contributed by atoms with Gasteiger partial charge in [-0.2, -0.15) is 0 Å². The third kappa shape index (κ3) is 12.2. The summed E-state index contributed by atoms with van der Waals surface area (Å²) in [6, 6.07) is -1.52. The molecule has 0 aromatic carbocycles. The van der Waals surface area contributed by atoms with E-state index in [0.717, 1.165) is 25.7 Å². The molecule has 2 atom stereocenters. The minimum Gasteiger partial charge on any atom is -0.464 e. The number of carbonyl (C=O) groups is 3. The average Bonchev–Trinajstić information content (AvgIpc) is 2.68. The number of carbonyl (C=O) groups excluding carboxylic acids is 3. The lowest BCUT2D eigenvalue weighted by Crippen LogP contribution is -2.52. The summed E-state index contributed by atoms with van der Waals surface area (Å²) in [6.45, 7) is 6.15. The Morgan fingerprint density at radius 3 is 2.11 bits per heavy atom. The first kappa shape index (κ1) is 25.8. The number of nitrogens with one attached hydrogen (secondary N) is 2. The van der Waals surface area contributed by atoms with E-state index in [1.54, 1.807) is 0 Å². The van der Waals surface area contributed by atoms with Gasteiger partial charge in [0.25, 0.3) is 0 Å². The van der Waals surface area contributed by atoms with Crippen molar-refractivity contribution in [3.8, 4) is 12.3 Å². The van der Waals surface area contributed by atoms with E-state index < -0.39 is 30.1 Å². The first-order chi connectivity index (χ1) is 13.5. The maximum Gasteiger partial charge on any atom is 0.408 e. The maximum absolute atomic E-state index is 12.6. The van der Waals surface area contributed by atoms with E-state index in [0.29, 0.717) is 32.3 Å². The summed E-state index contributed by atoms with van der Waals surface area (Å²) in [6.07, 6.45) is 11.9. The minimum absolute atomic E-state index is 0.171. The predicted molar refractivity (Wildman–Crippen MR) is 109 cm³/mol. The lowest BCUT2D eigenvalue weighted by molar-refractivity contribution is -0.148. The Balaban J connectivity index is 4.61. The second kappa shape index (κ2) is 16.9. The van der Waals surface area contributed by atoms with E-state index in [2.05, 4.69) is 23.5 Å². The Labute approximate surface area is 169 Å². The summed E-state index contributed by atoms with van der Waals surface area (Å²) in [5, 5.41) is 5.19. The molecule has 0 radical (unpaired) electrons. The van der Waals surface area contributed by atoms with Crippen molar-refractivity contribution in [1.29, 1.82) is 0 Å². The molecule has 0 aliphatic carbocycles. The highest BCUT2D eigenvalue weighted by molar-refractivity contribution is 5.89. The second-order valence-electron chi connectivity index (χ2n) is 6.70. The SMILES string of the molecule is C#CCOC(=O)NC(CCC)C(=O)NC(CCC)C(=O)OCCCCCCC. The first-order valence-corrected chi connectivity index (χ1v) is 10.3. The number of esters is 1. The van der Waals surface area contributed by atoms with Crippen LogP contribution < -0.4 is 10.6 Å². The summed E-state index contributed by atoms with van der Waals surface area (Å²) in [5.41, 5.74) is 0. The molecule has 0 bridgehead atoms. The van der Waals surface area contributed by atoms with Crippen LogP contribution in [0.25, 0.3) is 0 Å². The van der Waals surface area contributed by atoms with Crippen LogP contribution in [0.1, 0.15) is 78.6 Å². The highest BCUT2D eigenvalue weighted by atomic mass is 16.5. The van der Waals surface area contributed by atoms with Crippen LogP contribution in [0.4, 0.5) is 4.79 Å².